The van der Waals surface area contributed by atoms with E-state index in [0.717, 1.165) is 18.2 Å². The van der Waals surface area contributed by atoms with Crippen LogP contribution in [0, 0.1) is 5.82 Å². The lowest BCUT2D eigenvalue weighted by Gasteiger charge is -2.15. The molecule has 0 atom stereocenters. The maximum atomic E-state index is 13.3. The molecule has 3 N–H and O–H groups in total. The number of amides is 2. The summed E-state index contributed by atoms with van der Waals surface area (Å²) in [6.07, 6.45) is 0. The summed E-state index contributed by atoms with van der Waals surface area (Å²) in [6.45, 7) is 0. The van der Waals surface area contributed by atoms with Gasteiger partial charge in [-0.2, -0.15) is 0 Å². The van der Waals surface area contributed by atoms with Crippen molar-refractivity contribution in [2.24, 2.45) is 0 Å². The van der Waals surface area contributed by atoms with Gasteiger partial charge < -0.3 is 5.73 Å². The molecule has 0 saturated heterocycles. The lowest BCUT2D eigenvalue weighted by atomic mass is 10.3. The van der Waals surface area contributed by atoms with Gasteiger partial charge in [-0.25, -0.2) is 17.7 Å². The van der Waals surface area contributed by atoms with Crippen LogP contribution in [0.4, 0.5) is 15.8 Å². The Morgan fingerprint density at radius 1 is 1.00 bits per heavy atom. The van der Waals surface area contributed by atoms with E-state index in [1.165, 1.54) is 24.3 Å². The molecule has 0 aliphatic carbocycles. The van der Waals surface area contributed by atoms with E-state index < -0.39 is 38.4 Å². The predicted molar refractivity (Wildman–Crippen MR) is 98.0 cm³/mol. The fraction of sp³-hybridized carbons (Fsp3) is 0. The SMILES string of the molecule is Nc1ccc(S(=O)(=O)NC2=C(Cl)C(=O)N(c3ccc(F)c(Cl)c3)C2=O)cc1. The third-order valence-electron chi connectivity index (χ3n) is 3.62. The fourth-order valence-corrected chi connectivity index (χ4v) is 3.80. The maximum Gasteiger partial charge on any atom is 0.284 e. The van der Waals surface area contributed by atoms with Crippen molar-refractivity contribution >= 4 is 56.4 Å². The summed E-state index contributed by atoms with van der Waals surface area (Å²) < 4.78 is 40.2. The Kier molecular flexibility index (Phi) is 4.85. The standard InChI is InChI=1S/C16H10Cl2FN3O4S/c17-11-7-9(3-6-12(11)19)22-15(23)13(18)14(16(22)24)21-27(25,26)10-4-1-8(20)2-5-10/h1-7,21H,20H2. The van der Waals surface area contributed by atoms with Crippen molar-refractivity contribution in [3.05, 3.63) is 64.0 Å². The minimum absolute atomic E-state index is 0.0590. The highest BCUT2D eigenvalue weighted by Crippen LogP contribution is 2.31. The van der Waals surface area contributed by atoms with Gasteiger partial charge >= 0.3 is 0 Å². The van der Waals surface area contributed by atoms with Gasteiger partial charge in [-0.3, -0.25) is 14.3 Å². The van der Waals surface area contributed by atoms with E-state index in [2.05, 4.69) is 0 Å². The molecule has 1 heterocycles. The summed E-state index contributed by atoms with van der Waals surface area (Å²) in [5.74, 6) is -2.74. The molecule has 0 spiro atoms. The number of imide groups is 1. The number of nitrogens with one attached hydrogen (secondary N) is 1. The Labute approximate surface area is 163 Å². The quantitative estimate of drug-likeness (QED) is 0.572. The van der Waals surface area contributed by atoms with Crippen LogP contribution in [0.2, 0.25) is 5.02 Å². The number of nitrogen functional groups attached to an aromatic ring is 1. The molecular weight excluding hydrogens is 420 g/mol. The number of halogens is 3. The van der Waals surface area contributed by atoms with Gasteiger partial charge in [0.15, 0.2) is 0 Å². The zero-order chi connectivity index (χ0) is 19.9. The number of hydrogen-bond donors (Lipinski definition) is 2. The molecule has 2 aromatic carbocycles. The van der Waals surface area contributed by atoms with E-state index in [1.807, 2.05) is 4.72 Å². The van der Waals surface area contributed by atoms with Gasteiger partial charge in [-0.05, 0) is 42.5 Å². The van der Waals surface area contributed by atoms with Crippen LogP contribution in [-0.4, -0.2) is 20.2 Å². The fourth-order valence-electron chi connectivity index (χ4n) is 2.29. The Balaban J connectivity index is 1.94. The van der Waals surface area contributed by atoms with Crippen LogP contribution in [0.3, 0.4) is 0 Å². The molecule has 2 aromatic rings. The lowest BCUT2D eigenvalue weighted by Crippen LogP contribution is -2.35. The zero-order valence-corrected chi connectivity index (χ0v) is 15.6. The second-order valence-electron chi connectivity index (χ2n) is 5.41. The molecule has 27 heavy (non-hydrogen) atoms. The lowest BCUT2D eigenvalue weighted by molar-refractivity contribution is -0.120. The number of rotatable bonds is 4. The number of anilines is 2. The molecule has 0 unspecified atom stereocenters. The highest BCUT2D eigenvalue weighted by atomic mass is 35.5. The van der Waals surface area contributed by atoms with Crippen molar-refractivity contribution in [1.29, 1.82) is 0 Å². The minimum atomic E-state index is -4.20. The second-order valence-corrected chi connectivity index (χ2v) is 7.88. The van der Waals surface area contributed by atoms with Gasteiger partial charge in [-0.1, -0.05) is 23.2 Å². The number of benzene rings is 2. The molecule has 2 amide bonds. The summed E-state index contributed by atoms with van der Waals surface area (Å²) in [5, 5.41) is -0.945. The van der Waals surface area contributed by atoms with Crippen LogP contribution >= 0.6 is 23.2 Å². The monoisotopic (exact) mass is 429 g/mol. The predicted octanol–water partition coefficient (Wildman–Crippen LogP) is 2.36. The number of nitrogens with two attached hydrogens (primary N) is 1. The molecule has 140 valence electrons. The molecule has 7 nitrogen and oxygen atoms in total. The molecular formula is C16H10Cl2FN3O4S. The highest BCUT2D eigenvalue weighted by molar-refractivity contribution is 7.89. The van der Waals surface area contributed by atoms with Gasteiger partial charge in [0, 0.05) is 5.69 Å². The normalized spacial score (nSPS) is 14.9. The van der Waals surface area contributed by atoms with Crippen LogP contribution in [0.1, 0.15) is 0 Å². The molecule has 11 heteroatoms. The molecule has 0 aromatic heterocycles. The molecule has 0 fully saturated rings. The van der Waals surface area contributed by atoms with E-state index in [-0.39, 0.29) is 15.6 Å². The summed E-state index contributed by atoms with van der Waals surface area (Å²) in [6, 6.07) is 8.32. The van der Waals surface area contributed by atoms with E-state index in [9.17, 15) is 22.4 Å². The van der Waals surface area contributed by atoms with Crippen LogP contribution in [0.25, 0.3) is 0 Å². The van der Waals surface area contributed by atoms with Crippen LogP contribution in [0.15, 0.2) is 58.1 Å². The number of hydrogen-bond acceptors (Lipinski definition) is 5. The third kappa shape index (κ3) is 3.48. The van der Waals surface area contributed by atoms with Crippen molar-refractivity contribution in [3.63, 3.8) is 0 Å². The van der Waals surface area contributed by atoms with Gasteiger partial charge in [-0.15, -0.1) is 0 Å². The highest BCUT2D eigenvalue weighted by Gasteiger charge is 2.40. The summed E-state index contributed by atoms with van der Waals surface area (Å²) in [5.41, 5.74) is 5.17. The van der Waals surface area contributed by atoms with E-state index in [1.54, 1.807) is 0 Å². The minimum Gasteiger partial charge on any atom is -0.399 e. The van der Waals surface area contributed by atoms with E-state index in [0.29, 0.717) is 10.6 Å². The third-order valence-corrected chi connectivity index (χ3v) is 5.62. The Morgan fingerprint density at radius 2 is 1.63 bits per heavy atom. The largest absolute Gasteiger partial charge is 0.399 e. The van der Waals surface area contributed by atoms with Crippen LogP contribution in [-0.2, 0) is 19.6 Å². The molecule has 3 rings (SSSR count). The smallest absolute Gasteiger partial charge is 0.284 e. The zero-order valence-electron chi connectivity index (χ0n) is 13.2. The molecule has 1 aliphatic rings. The first kappa shape index (κ1) is 19.2. The van der Waals surface area contributed by atoms with Crippen molar-refractivity contribution in [3.8, 4) is 0 Å². The Bertz CT molecular complexity index is 1100. The van der Waals surface area contributed by atoms with Crippen molar-refractivity contribution in [1.82, 2.24) is 4.72 Å². The average molecular weight is 430 g/mol. The number of carbonyl (C=O) groups is 2. The average Bonchev–Trinajstić information content (AvgIpc) is 2.81. The first-order valence-corrected chi connectivity index (χ1v) is 9.47. The maximum absolute atomic E-state index is 13.3. The van der Waals surface area contributed by atoms with E-state index in [4.69, 9.17) is 28.9 Å². The second kappa shape index (κ2) is 6.84. The molecule has 0 radical (unpaired) electrons. The molecule has 0 saturated carbocycles. The number of nitrogens with zero attached hydrogens (tertiary/aromatic N) is 1. The van der Waals surface area contributed by atoms with Gasteiger partial charge in [0.1, 0.15) is 16.5 Å². The summed E-state index contributed by atoms with van der Waals surface area (Å²) >= 11 is 11.5. The first-order chi connectivity index (χ1) is 12.6. The van der Waals surface area contributed by atoms with Crippen LogP contribution in [0.5, 0.6) is 0 Å². The number of carbonyl (C=O) groups excluding carboxylic acids is 2. The summed E-state index contributed by atoms with van der Waals surface area (Å²) in [7, 11) is -4.20. The van der Waals surface area contributed by atoms with Gasteiger partial charge in [0.2, 0.25) is 0 Å². The van der Waals surface area contributed by atoms with Crippen molar-refractivity contribution in [2.45, 2.75) is 4.90 Å². The Hall–Kier alpha value is -2.62. The molecule has 1 aliphatic heterocycles. The van der Waals surface area contributed by atoms with Gasteiger partial charge in [0.25, 0.3) is 21.8 Å². The van der Waals surface area contributed by atoms with Crippen molar-refractivity contribution in [2.75, 3.05) is 10.6 Å². The summed E-state index contributed by atoms with van der Waals surface area (Å²) in [4.78, 5) is 25.3. The van der Waals surface area contributed by atoms with Gasteiger partial charge in [0.05, 0.1) is 15.6 Å². The van der Waals surface area contributed by atoms with Crippen molar-refractivity contribution < 1.29 is 22.4 Å². The number of sulfonamides is 1. The molecule has 0 bridgehead atoms. The van der Waals surface area contributed by atoms with E-state index >= 15 is 0 Å². The first-order valence-electron chi connectivity index (χ1n) is 7.24. The van der Waals surface area contributed by atoms with Crippen LogP contribution < -0.4 is 15.4 Å². The Morgan fingerprint density at radius 3 is 2.22 bits per heavy atom. The topological polar surface area (TPSA) is 110 Å².